The Bertz CT molecular complexity index is 498. The van der Waals surface area contributed by atoms with Gasteiger partial charge in [-0.1, -0.05) is 0 Å². The second-order valence-electron chi connectivity index (χ2n) is 4.58. The van der Waals surface area contributed by atoms with Gasteiger partial charge < -0.3 is 21.3 Å². The molecule has 0 radical (unpaired) electrons. The van der Waals surface area contributed by atoms with Crippen LogP contribution in [0.2, 0.25) is 0 Å². The molecule has 6 nitrogen and oxygen atoms in total. The summed E-state index contributed by atoms with van der Waals surface area (Å²) >= 11 is 0. The van der Waals surface area contributed by atoms with E-state index in [1.54, 1.807) is 23.1 Å². The maximum Gasteiger partial charge on any atom is 0.251 e. The average Bonchev–Trinajstić information content (AvgIpc) is 2.47. The number of nitrogen functional groups attached to an aromatic ring is 1. The lowest BCUT2D eigenvalue weighted by Crippen LogP contribution is -2.35. The Morgan fingerprint density at radius 1 is 1.19 bits per heavy atom. The SMILES string of the molecule is CCNC(=O)c1ccc(NCC(=O)N(CC)CC)c(N)c1. The number of nitrogens with zero attached hydrogens (tertiary/aromatic N) is 1. The standard InChI is InChI=1S/C15H24N4O2/c1-4-17-15(21)11-7-8-13(12(16)9-11)18-10-14(20)19(5-2)6-3/h7-9,18H,4-6,10,16H2,1-3H3,(H,17,21). The highest BCUT2D eigenvalue weighted by atomic mass is 16.2. The Labute approximate surface area is 125 Å². The summed E-state index contributed by atoms with van der Waals surface area (Å²) in [5.41, 5.74) is 7.53. The number of benzene rings is 1. The van der Waals surface area contributed by atoms with Gasteiger partial charge in [-0.25, -0.2) is 0 Å². The molecule has 0 aliphatic carbocycles. The summed E-state index contributed by atoms with van der Waals surface area (Å²) in [6.07, 6.45) is 0. The van der Waals surface area contributed by atoms with Crippen molar-refractivity contribution in [1.29, 1.82) is 0 Å². The van der Waals surface area contributed by atoms with Crippen LogP contribution < -0.4 is 16.4 Å². The summed E-state index contributed by atoms with van der Waals surface area (Å²) in [7, 11) is 0. The topological polar surface area (TPSA) is 87.5 Å². The molecule has 4 N–H and O–H groups in total. The number of likely N-dealkylation sites (N-methyl/N-ethyl adjacent to an activating group) is 1. The maximum atomic E-state index is 11.9. The molecule has 0 fully saturated rings. The molecule has 2 amide bonds. The van der Waals surface area contributed by atoms with Crippen molar-refractivity contribution in [2.75, 3.05) is 37.2 Å². The summed E-state index contributed by atoms with van der Waals surface area (Å²) in [4.78, 5) is 25.3. The minimum Gasteiger partial charge on any atom is -0.397 e. The number of rotatable bonds is 7. The minimum atomic E-state index is -0.157. The third-order valence-electron chi connectivity index (χ3n) is 3.20. The first-order valence-corrected chi connectivity index (χ1v) is 7.22. The highest BCUT2D eigenvalue weighted by Crippen LogP contribution is 2.19. The first-order chi connectivity index (χ1) is 10.0. The van der Waals surface area contributed by atoms with Gasteiger partial charge in [-0.3, -0.25) is 9.59 Å². The van der Waals surface area contributed by atoms with Gasteiger partial charge in [0.2, 0.25) is 5.91 Å². The molecule has 0 aromatic heterocycles. The summed E-state index contributed by atoms with van der Waals surface area (Å²) in [5, 5.41) is 5.73. The number of nitrogens with one attached hydrogen (secondary N) is 2. The van der Waals surface area contributed by atoms with Crippen LogP contribution in [0.3, 0.4) is 0 Å². The van der Waals surface area contributed by atoms with Crippen molar-refractivity contribution in [1.82, 2.24) is 10.2 Å². The number of amides is 2. The van der Waals surface area contributed by atoms with Crippen LogP contribution in [0.1, 0.15) is 31.1 Å². The summed E-state index contributed by atoms with van der Waals surface area (Å²) in [5.74, 6) is -0.137. The highest BCUT2D eigenvalue weighted by Gasteiger charge is 2.11. The van der Waals surface area contributed by atoms with E-state index in [1.807, 2.05) is 20.8 Å². The van der Waals surface area contributed by atoms with Crippen molar-refractivity contribution in [2.45, 2.75) is 20.8 Å². The zero-order chi connectivity index (χ0) is 15.8. The molecule has 6 heteroatoms. The fourth-order valence-electron chi connectivity index (χ4n) is 1.99. The van der Waals surface area contributed by atoms with Gasteiger partial charge in [-0.05, 0) is 39.0 Å². The van der Waals surface area contributed by atoms with E-state index in [-0.39, 0.29) is 18.4 Å². The molecule has 1 rings (SSSR count). The van der Waals surface area contributed by atoms with Gasteiger partial charge in [0.1, 0.15) is 0 Å². The lowest BCUT2D eigenvalue weighted by Gasteiger charge is -2.19. The molecule has 1 aromatic carbocycles. The minimum absolute atomic E-state index is 0.0206. The normalized spacial score (nSPS) is 10.0. The average molecular weight is 292 g/mol. The zero-order valence-corrected chi connectivity index (χ0v) is 12.9. The van der Waals surface area contributed by atoms with Crippen LogP contribution in [0.15, 0.2) is 18.2 Å². The van der Waals surface area contributed by atoms with Crippen molar-refractivity contribution < 1.29 is 9.59 Å². The van der Waals surface area contributed by atoms with Gasteiger partial charge in [0, 0.05) is 25.2 Å². The summed E-state index contributed by atoms with van der Waals surface area (Å²) in [6, 6.07) is 5.01. The van der Waals surface area contributed by atoms with E-state index < -0.39 is 0 Å². The number of carbonyl (C=O) groups is 2. The fraction of sp³-hybridized carbons (Fsp3) is 0.467. The quantitative estimate of drug-likeness (QED) is 0.661. The van der Waals surface area contributed by atoms with Crippen LogP contribution in [0, 0.1) is 0 Å². The molecule has 0 saturated carbocycles. The van der Waals surface area contributed by atoms with Crippen LogP contribution in [-0.4, -0.2) is 42.9 Å². The van der Waals surface area contributed by atoms with Crippen LogP contribution in [0.4, 0.5) is 11.4 Å². The third kappa shape index (κ3) is 4.66. The van der Waals surface area contributed by atoms with Crippen LogP contribution in [-0.2, 0) is 4.79 Å². The van der Waals surface area contributed by atoms with Gasteiger partial charge in [0.05, 0.1) is 17.9 Å². The molecule has 116 valence electrons. The Morgan fingerprint density at radius 3 is 2.38 bits per heavy atom. The Balaban J connectivity index is 2.69. The van der Waals surface area contributed by atoms with Crippen molar-refractivity contribution >= 4 is 23.2 Å². The smallest absolute Gasteiger partial charge is 0.251 e. The molecule has 0 aliphatic heterocycles. The van der Waals surface area contributed by atoms with E-state index >= 15 is 0 Å². The number of hydrogen-bond donors (Lipinski definition) is 3. The number of nitrogens with two attached hydrogens (primary N) is 1. The maximum absolute atomic E-state index is 11.9. The summed E-state index contributed by atoms with van der Waals surface area (Å²) in [6.45, 7) is 7.86. The molecule has 0 spiro atoms. The highest BCUT2D eigenvalue weighted by molar-refractivity contribution is 5.96. The second kappa shape index (κ2) is 8.14. The molecular weight excluding hydrogens is 268 g/mol. The third-order valence-corrected chi connectivity index (χ3v) is 3.20. The number of carbonyl (C=O) groups excluding carboxylic acids is 2. The summed E-state index contributed by atoms with van der Waals surface area (Å²) < 4.78 is 0. The lowest BCUT2D eigenvalue weighted by atomic mass is 10.1. The Kier molecular flexibility index (Phi) is 6.52. The number of anilines is 2. The van der Waals surface area contributed by atoms with Crippen molar-refractivity contribution in [2.24, 2.45) is 0 Å². The largest absolute Gasteiger partial charge is 0.397 e. The van der Waals surface area contributed by atoms with Crippen LogP contribution in [0.25, 0.3) is 0 Å². The molecule has 0 saturated heterocycles. The fourth-order valence-corrected chi connectivity index (χ4v) is 1.99. The lowest BCUT2D eigenvalue weighted by molar-refractivity contribution is -0.128. The van der Waals surface area contributed by atoms with Gasteiger partial charge in [-0.2, -0.15) is 0 Å². The Morgan fingerprint density at radius 2 is 1.86 bits per heavy atom. The molecular formula is C15H24N4O2. The molecule has 1 aromatic rings. The number of hydrogen-bond acceptors (Lipinski definition) is 4. The monoisotopic (exact) mass is 292 g/mol. The predicted molar refractivity (Wildman–Crippen MR) is 85.3 cm³/mol. The van der Waals surface area contributed by atoms with E-state index in [1.165, 1.54) is 0 Å². The van der Waals surface area contributed by atoms with Crippen molar-refractivity contribution in [3.8, 4) is 0 Å². The van der Waals surface area contributed by atoms with E-state index in [9.17, 15) is 9.59 Å². The predicted octanol–water partition coefficient (Wildman–Crippen LogP) is 1.30. The van der Waals surface area contributed by atoms with E-state index in [2.05, 4.69) is 10.6 Å². The molecule has 21 heavy (non-hydrogen) atoms. The van der Waals surface area contributed by atoms with Crippen molar-refractivity contribution in [3.63, 3.8) is 0 Å². The van der Waals surface area contributed by atoms with E-state index in [4.69, 9.17) is 5.73 Å². The van der Waals surface area contributed by atoms with Crippen LogP contribution in [0.5, 0.6) is 0 Å². The first-order valence-electron chi connectivity index (χ1n) is 7.22. The second-order valence-corrected chi connectivity index (χ2v) is 4.58. The van der Waals surface area contributed by atoms with E-state index in [0.717, 1.165) is 0 Å². The molecule has 0 bridgehead atoms. The Hall–Kier alpha value is -2.24. The molecule has 0 heterocycles. The van der Waals surface area contributed by atoms with Gasteiger partial charge in [-0.15, -0.1) is 0 Å². The van der Waals surface area contributed by atoms with Crippen molar-refractivity contribution in [3.05, 3.63) is 23.8 Å². The zero-order valence-electron chi connectivity index (χ0n) is 12.9. The van der Waals surface area contributed by atoms with Gasteiger partial charge in [0.15, 0.2) is 0 Å². The van der Waals surface area contributed by atoms with Crippen LogP contribution >= 0.6 is 0 Å². The molecule has 0 atom stereocenters. The molecule has 0 unspecified atom stereocenters. The first kappa shape index (κ1) is 16.8. The van der Waals surface area contributed by atoms with Gasteiger partial charge >= 0.3 is 0 Å². The van der Waals surface area contributed by atoms with Gasteiger partial charge in [0.25, 0.3) is 5.91 Å². The van der Waals surface area contributed by atoms with E-state index in [0.29, 0.717) is 36.6 Å². The molecule has 0 aliphatic rings.